The zero-order valence-electron chi connectivity index (χ0n) is 14.1. The molecule has 1 aromatic carbocycles. The second-order valence-electron chi connectivity index (χ2n) is 5.09. The van der Waals surface area contributed by atoms with Crippen LogP contribution in [-0.4, -0.2) is 59.5 Å². The number of rotatable bonds is 7. The molecule has 0 bridgehead atoms. The summed E-state index contributed by atoms with van der Waals surface area (Å²) >= 11 is 0. The molecule has 0 aliphatic carbocycles. The number of nitrogens with zero attached hydrogens (tertiary/aromatic N) is 1. The van der Waals surface area contributed by atoms with Crippen LogP contribution in [0.25, 0.3) is 0 Å². The zero-order chi connectivity index (χ0) is 17.3. The predicted molar refractivity (Wildman–Crippen MR) is 108 cm³/mol. The summed E-state index contributed by atoms with van der Waals surface area (Å²) in [6, 6.07) is 7.41. The Bertz CT molecular complexity index is 662. The monoisotopic (exact) mass is 468 g/mol. The first kappa shape index (κ1) is 22.6. The summed E-state index contributed by atoms with van der Waals surface area (Å²) < 4.78 is 22.2. The zero-order valence-corrected chi connectivity index (χ0v) is 17.3. The Morgan fingerprint density at radius 3 is 2.46 bits per heavy atom. The number of guanidine groups is 1. The molecule has 0 aliphatic heterocycles. The van der Waals surface area contributed by atoms with Crippen molar-refractivity contribution in [2.45, 2.75) is 6.42 Å². The second-order valence-corrected chi connectivity index (χ2v) is 7.34. The van der Waals surface area contributed by atoms with Crippen LogP contribution in [0.1, 0.15) is 15.9 Å². The van der Waals surface area contributed by atoms with Crippen molar-refractivity contribution in [1.29, 1.82) is 0 Å². The van der Waals surface area contributed by atoms with Crippen molar-refractivity contribution in [3.8, 4) is 0 Å². The van der Waals surface area contributed by atoms with Gasteiger partial charge in [0.2, 0.25) is 0 Å². The number of amides is 1. The molecule has 9 heteroatoms. The Kier molecular flexibility index (Phi) is 10.6. The van der Waals surface area contributed by atoms with Gasteiger partial charge in [0.1, 0.15) is 9.84 Å². The third kappa shape index (κ3) is 9.06. The molecular weight excluding hydrogens is 443 g/mol. The molecule has 0 heterocycles. The molecular formula is C15H25IN4O3S. The van der Waals surface area contributed by atoms with E-state index >= 15 is 0 Å². The van der Waals surface area contributed by atoms with Crippen LogP contribution in [0.4, 0.5) is 0 Å². The lowest BCUT2D eigenvalue weighted by atomic mass is 10.1. The summed E-state index contributed by atoms with van der Waals surface area (Å²) in [4.78, 5) is 15.6. The van der Waals surface area contributed by atoms with Crippen LogP contribution in [0.15, 0.2) is 29.3 Å². The van der Waals surface area contributed by atoms with Crippen molar-refractivity contribution in [3.63, 3.8) is 0 Å². The van der Waals surface area contributed by atoms with Gasteiger partial charge in [0, 0.05) is 39.0 Å². The lowest BCUT2D eigenvalue weighted by molar-refractivity contribution is 0.0963. The minimum Gasteiger partial charge on any atom is -0.356 e. The van der Waals surface area contributed by atoms with Gasteiger partial charge >= 0.3 is 0 Å². The molecule has 0 radical (unpaired) electrons. The molecule has 1 aromatic rings. The molecule has 0 unspecified atom stereocenters. The van der Waals surface area contributed by atoms with Crippen molar-refractivity contribution in [2.24, 2.45) is 4.99 Å². The number of carbonyl (C=O) groups is 1. The number of carbonyl (C=O) groups excluding carboxylic acids is 1. The number of hydrogen-bond donors (Lipinski definition) is 3. The number of halogens is 1. The standard InChI is InChI=1S/C15H24N4O3S.HI/c1-16-14(20)13-6-4-5-12(11-13)7-8-18-15(17-2)19-9-10-23(3,21)22;/h4-6,11H,7-10H2,1-3H3,(H,16,20)(H2,17,18,19);1H. The van der Waals surface area contributed by atoms with Gasteiger partial charge in [-0.15, -0.1) is 24.0 Å². The Labute approximate surface area is 160 Å². The minimum absolute atomic E-state index is 0. The van der Waals surface area contributed by atoms with E-state index in [9.17, 15) is 13.2 Å². The third-order valence-corrected chi connectivity index (χ3v) is 4.06. The van der Waals surface area contributed by atoms with E-state index in [1.165, 1.54) is 6.26 Å². The highest BCUT2D eigenvalue weighted by Crippen LogP contribution is 2.05. The van der Waals surface area contributed by atoms with Crippen LogP contribution >= 0.6 is 24.0 Å². The van der Waals surface area contributed by atoms with Crippen LogP contribution in [0.3, 0.4) is 0 Å². The van der Waals surface area contributed by atoms with Gasteiger partial charge in [-0.3, -0.25) is 9.79 Å². The average molecular weight is 468 g/mol. The van der Waals surface area contributed by atoms with E-state index in [-0.39, 0.29) is 35.6 Å². The average Bonchev–Trinajstić information content (AvgIpc) is 2.51. The highest BCUT2D eigenvalue weighted by molar-refractivity contribution is 14.0. The summed E-state index contributed by atoms with van der Waals surface area (Å²) in [5.41, 5.74) is 1.66. The molecule has 0 spiro atoms. The summed E-state index contributed by atoms with van der Waals surface area (Å²) in [6.07, 6.45) is 1.92. The molecule has 3 N–H and O–H groups in total. The molecule has 24 heavy (non-hydrogen) atoms. The fourth-order valence-electron chi connectivity index (χ4n) is 1.91. The highest BCUT2D eigenvalue weighted by Gasteiger charge is 2.05. The van der Waals surface area contributed by atoms with E-state index in [0.29, 0.717) is 24.6 Å². The van der Waals surface area contributed by atoms with Crippen LogP contribution in [0.2, 0.25) is 0 Å². The first-order chi connectivity index (χ1) is 10.9. The number of sulfone groups is 1. The highest BCUT2D eigenvalue weighted by atomic mass is 127. The summed E-state index contributed by atoms with van der Waals surface area (Å²) in [7, 11) is 0.237. The summed E-state index contributed by atoms with van der Waals surface area (Å²) in [5.74, 6) is 0.496. The van der Waals surface area contributed by atoms with Gasteiger partial charge in [-0.1, -0.05) is 12.1 Å². The molecule has 0 fully saturated rings. The Hall–Kier alpha value is -1.36. The maximum Gasteiger partial charge on any atom is 0.251 e. The quantitative estimate of drug-likeness (QED) is 0.306. The minimum atomic E-state index is -2.99. The van der Waals surface area contributed by atoms with E-state index in [1.807, 2.05) is 18.2 Å². The third-order valence-electron chi connectivity index (χ3n) is 3.11. The molecule has 0 saturated carbocycles. The Morgan fingerprint density at radius 1 is 1.21 bits per heavy atom. The molecule has 0 saturated heterocycles. The largest absolute Gasteiger partial charge is 0.356 e. The van der Waals surface area contributed by atoms with E-state index in [4.69, 9.17) is 0 Å². The maximum atomic E-state index is 11.6. The number of aliphatic imine (C=N–C) groups is 1. The SMILES string of the molecule is CN=C(NCCc1cccc(C(=O)NC)c1)NCCS(C)(=O)=O.I. The van der Waals surface area contributed by atoms with Gasteiger partial charge in [0.25, 0.3) is 5.91 Å². The van der Waals surface area contributed by atoms with Crippen molar-refractivity contribution in [1.82, 2.24) is 16.0 Å². The first-order valence-corrected chi connectivity index (χ1v) is 9.35. The summed E-state index contributed by atoms with van der Waals surface area (Å²) in [5, 5.41) is 8.65. The molecule has 0 aromatic heterocycles. The van der Waals surface area contributed by atoms with Crippen LogP contribution in [0, 0.1) is 0 Å². The van der Waals surface area contributed by atoms with Crippen molar-refractivity contribution in [2.75, 3.05) is 39.2 Å². The van der Waals surface area contributed by atoms with E-state index in [1.54, 1.807) is 20.2 Å². The van der Waals surface area contributed by atoms with Crippen LogP contribution in [-0.2, 0) is 16.3 Å². The van der Waals surface area contributed by atoms with Crippen molar-refractivity contribution < 1.29 is 13.2 Å². The van der Waals surface area contributed by atoms with Gasteiger partial charge in [-0.05, 0) is 24.1 Å². The van der Waals surface area contributed by atoms with Gasteiger partial charge in [-0.25, -0.2) is 8.42 Å². The molecule has 7 nitrogen and oxygen atoms in total. The van der Waals surface area contributed by atoms with Crippen LogP contribution in [0.5, 0.6) is 0 Å². The lowest BCUT2D eigenvalue weighted by Gasteiger charge is -2.11. The molecule has 1 rings (SSSR count). The first-order valence-electron chi connectivity index (χ1n) is 7.29. The topological polar surface area (TPSA) is 99.7 Å². The van der Waals surface area contributed by atoms with E-state index in [0.717, 1.165) is 12.0 Å². The van der Waals surface area contributed by atoms with Crippen LogP contribution < -0.4 is 16.0 Å². The Balaban J connectivity index is 0.00000529. The predicted octanol–water partition coefficient (Wildman–Crippen LogP) is 0.416. The van der Waals surface area contributed by atoms with E-state index in [2.05, 4.69) is 20.9 Å². The van der Waals surface area contributed by atoms with Gasteiger partial charge in [0.15, 0.2) is 5.96 Å². The van der Waals surface area contributed by atoms with Crippen molar-refractivity contribution >= 4 is 45.7 Å². The fourth-order valence-corrected chi connectivity index (χ4v) is 2.39. The maximum absolute atomic E-state index is 11.6. The van der Waals surface area contributed by atoms with Gasteiger partial charge < -0.3 is 16.0 Å². The molecule has 0 aliphatic rings. The molecule has 136 valence electrons. The summed E-state index contributed by atoms with van der Waals surface area (Å²) in [6.45, 7) is 0.931. The lowest BCUT2D eigenvalue weighted by Crippen LogP contribution is -2.40. The Morgan fingerprint density at radius 2 is 1.88 bits per heavy atom. The van der Waals surface area contributed by atoms with Gasteiger partial charge in [-0.2, -0.15) is 0 Å². The fraction of sp³-hybridized carbons (Fsp3) is 0.467. The van der Waals surface area contributed by atoms with Crippen molar-refractivity contribution in [3.05, 3.63) is 35.4 Å². The van der Waals surface area contributed by atoms with Gasteiger partial charge in [0.05, 0.1) is 5.75 Å². The second kappa shape index (κ2) is 11.2. The smallest absolute Gasteiger partial charge is 0.251 e. The number of benzene rings is 1. The number of nitrogens with one attached hydrogen (secondary N) is 3. The molecule has 0 atom stereocenters. The van der Waals surface area contributed by atoms with E-state index < -0.39 is 9.84 Å². The number of hydrogen-bond acceptors (Lipinski definition) is 4. The molecule has 1 amide bonds. The normalized spacial score (nSPS) is 11.4.